The zero-order valence-corrected chi connectivity index (χ0v) is 23.8. The van der Waals surface area contributed by atoms with E-state index < -0.39 is 5.82 Å². The smallest absolute Gasteiger partial charge is 0.226 e. The summed E-state index contributed by atoms with van der Waals surface area (Å²) in [4.78, 5) is 23.7. The molecule has 1 aromatic carbocycles. The number of likely N-dealkylation sites (N-methyl/N-ethyl adjacent to an activating group) is 1. The van der Waals surface area contributed by atoms with Crippen LogP contribution in [0.4, 0.5) is 27.4 Å². The van der Waals surface area contributed by atoms with Crippen molar-refractivity contribution >= 4 is 40.5 Å². The molecule has 3 aromatic rings. The van der Waals surface area contributed by atoms with E-state index in [0.717, 1.165) is 51.3 Å². The van der Waals surface area contributed by atoms with Crippen molar-refractivity contribution in [2.75, 3.05) is 62.4 Å². The number of hydrogen-bond donors (Lipinski definition) is 2. The lowest BCUT2D eigenvalue weighted by Gasteiger charge is -2.32. The van der Waals surface area contributed by atoms with Crippen molar-refractivity contribution in [2.24, 2.45) is 0 Å². The minimum atomic E-state index is -0.424. The van der Waals surface area contributed by atoms with E-state index in [1.165, 1.54) is 25.0 Å². The van der Waals surface area contributed by atoms with Crippen molar-refractivity contribution in [1.82, 2.24) is 25.0 Å². The average Bonchev–Trinajstić information content (AvgIpc) is 3.49. The monoisotopic (exact) mass is 566 g/mol. The number of carbonyl (C=O) groups excluding carboxylic acids is 1. The van der Waals surface area contributed by atoms with Gasteiger partial charge in [-0.15, -0.1) is 10.2 Å². The molecular formula is C29H36ClFN8O. The lowest BCUT2D eigenvalue weighted by Crippen LogP contribution is -2.45. The Morgan fingerprint density at radius 3 is 2.65 bits per heavy atom. The maximum Gasteiger partial charge on any atom is 0.226 e. The second kappa shape index (κ2) is 12.9. The highest BCUT2D eigenvalue weighted by molar-refractivity contribution is 6.30. The highest BCUT2D eigenvalue weighted by Gasteiger charge is 2.24. The van der Waals surface area contributed by atoms with Crippen LogP contribution in [-0.2, 0) is 4.79 Å². The van der Waals surface area contributed by atoms with Gasteiger partial charge in [0, 0.05) is 80.8 Å². The van der Waals surface area contributed by atoms with Crippen molar-refractivity contribution in [2.45, 2.75) is 38.1 Å². The van der Waals surface area contributed by atoms with Crippen LogP contribution in [0.15, 0.2) is 42.6 Å². The first-order valence-electron chi connectivity index (χ1n) is 13.9. The minimum Gasteiger partial charge on any atom is -0.353 e. The van der Waals surface area contributed by atoms with Gasteiger partial charge in [0.2, 0.25) is 5.91 Å². The number of amides is 1. The molecule has 40 heavy (non-hydrogen) atoms. The second-order valence-electron chi connectivity index (χ2n) is 10.6. The Hall–Kier alpha value is -3.34. The summed E-state index contributed by atoms with van der Waals surface area (Å²) < 4.78 is 14.7. The van der Waals surface area contributed by atoms with E-state index in [1.54, 1.807) is 24.4 Å². The molecule has 0 atom stereocenters. The van der Waals surface area contributed by atoms with Crippen LogP contribution in [0.25, 0.3) is 11.3 Å². The molecule has 11 heteroatoms. The first kappa shape index (κ1) is 28.2. The number of hydrogen-bond acceptors (Lipinski definition) is 8. The van der Waals surface area contributed by atoms with Gasteiger partial charge >= 0.3 is 0 Å². The van der Waals surface area contributed by atoms with Crippen LogP contribution in [-0.4, -0.2) is 83.7 Å². The number of nitrogens with one attached hydrogen (secondary N) is 2. The number of benzene rings is 1. The van der Waals surface area contributed by atoms with Crippen LogP contribution in [0.3, 0.4) is 0 Å². The first-order valence-corrected chi connectivity index (χ1v) is 14.2. The summed E-state index contributed by atoms with van der Waals surface area (Å²) >= 11 is 6.15. The van der Waals surface area contributed by atoms with E-state index >= 15 is 0 Å². The van der Waals surface area contributed by atoms with Gasteiger partial charge in [0.05, 0.1) is 11.4 Å². The molecular weight excluding hydrogens is 531 g/mol. The normalized spacial score (nSPS) is 16.7. The van der Waals surface area contributed by atoms with Crippen LogP contribution >= 0.6 is 11.6 Å². The van der Waals surface area contributed by atoms with Crippen molar-refractivity contribution in [3.63, 3.8) is 0 Å². The molecule has 2 aliphatic rings. The van der Waals surface area contributed by atoms with Crippen LogP contribution in [0, 0.1) is 5.82 Å². The molecule has 0 bridgehead atoms. The maximum absolute atomic E-state index is 14.7. The van der Waals surface area contributed by atoms with Gasteiger partial charge in [-0.05, 0) is 50.2 Å². The third-order valence-corrected chi connectivity index (χ3v) is 7.98. The Morgan fingerprint density at radius 2 is 1.88 bits per heavy atom. The Balaban J connectivity index is 1.34. The van der Waals surface area contributed by atoms with E-state index in [1.807, 2.05) is 13.1 Å². The van der Waals surface area contributed by atoms with Gasteiger partial charge in [-0.2, -0.15) is 0 Å². The molecule has 9 nitrogen and oxygen atoms in total. The molecule has 1 saturated carbocycles. The molecule has 2 N–H and O–H groups in total. The summed E-state index contributed by atoms with van der Waals surface area (Å²) in [5.41, 5.74) is 2.05. The molecule has 3 heterocycles. The van der Waals surface area contributed by atoms with Gasteiger partial charge in [0.15, 0.2) is 5.82 Å². The fourth-order valence-corrected chi connectivity index (χ4v) is 5.47. The van der Waals surface area contributed by atoms with Crippen LogP contribution < -0.4 is 15.5 Å². The fraction of sp³-hybridized carbons (Fsp3) is 0.448. The van der Waals surface area contributed by atoms with Crippen molar-refractivity contribution in [1.29, 1.82) is 0 Å². The predicted molar refractivity (Wildman–Crippen MR) is 158 cm³/mol. The molecule has 212 valence electrons. The minimum absolute atomic E-state index is 0.0745. The molecule has 0 spiro atoms. The highest BCUT2D eigenvalue weighted by Crippen LogP contribution is 2.35. The molecule has 0 unspecified atom stereocenters. The van der Waals surface area contributed by atoms with E-state index in [0.29, 0.717) is 40.5 Å². The van der Waals surface area contributed by atoms with Gasteiger partial charge in [0.1, 0.15) is 11.6 Å². The fourth-order valence-electron chi connectivity index (χ4n) is 5.30. The standard InChI is InChI=1S/C29H36ClFN8O/c1-37-13-15-39(16-14-37)12-10-28(40)34-27-18-21(9-11-32-27)33-26-19-25(23-17-20(30)7-8-24(23)31)35-36-29(26)38(2)22-5-3-4-6-22/h7-9,11,17-19,22H,3-6,10,12-16H2,1-2H3,(H2,32,33,34,35,40). The van der Waals surface area contributed by atoms with Crippen LogP contribution in [0.5, 0.6) is 0 Å². The van der Waals surface area contributed by atoms with E-state index in [-0.39, 0.29) is 11.5 Å². The van der Waals surface area contributed by atoms with E-state index in [2.05, 4.69) is 47.6 Å². The number of nitrogens with zero attached hydrogens (tertiary/aromatic N) is 6. The van der Waals surface area contributed by atoms with Gasteiger partial charge in [-0.25, -0.2) is 9.37 Å². The van der Waals surface area contributed by atoms with Crippen molar-refractivity contribution in [3.05, 3.63) is 53.4 Å². The number of aromatic nitrogens is 3. The predicted octanol–water partition coefficient (Wildman–Crippen LogP) is 5.03. The largest absolute Gasteiger partial charge is 0.353 e. The number of pyridine rings is 1. The SMILES string of the molecule is CN1CCN(CCC(=O)Nc2cc(Nc3cc(-c4cc(Cl)ccc4F)nnc3N(C)C3CCCC3)ccn2)CC1. The number of rotatable bonds is 9. The molecule has 1 aliphatic carbocycles. The van der Waals surface area contributed by atoms with Gasteiger partial charge < -0.3 is 25.3 Å². The Labute approximate surface area is 239 Å². The summed E-state index contributed by atoms with van der Waals surface area (Å²) in [6, 6.07) is 10.1. The summed E-state index contributed by atoms with van der Waals surface area (Å²) in [5, 5.41) is 15.6. The second-order valence-corrected chi connectivity index (χ2v) is 11.1. The summed E-state index contributed by atoms with van der Waals surface area (Å²) in [7, 11) is 4.13. The third-order valence-electron chi connectivity index (χ3n) is 7.74. The third kappa shape index (κ3) is 7.04. The lowest BCUT2D eigenvalue weighted by atomic mass is 10.1. The molecule has 2 fully saturated rings. The van der Waals surface area contributed by atoms with E-state index in [4.69, 9.17) is 11.6 Å². The zero-order chi connectivity index (χ0) is 28.1. The summed E-state index contributed by atoms with van der Waals surface area (Å²) in [6.07, 6.45) is 6.58. The molecule has 1 aliphatic heterocycles. The molecule has 0 radical (unpaired) electrons. The summed E-state index contributed by atoms with van der Waals surface area (Å²) in [5.74, 6) is 0.636. The maximum atomic E-state index is 14.7. The Bertz CT molecular complexity index is 1330. The van der Waals surface area contributed by atoms with Gasteiger partial charge in [-0.1, -0.05) is 24.4 Å². The molecule has 1 saturated heterocycles. The zero-order valence-electron chi connectivity index (χ0n) is 23.0. The molecule has 1 amide bonds. The quantitative estimate of drug-likeness (QED) is 0.373. The average molecular weight is 567 g/mol. The van der Waals surface area contributed by atoms with Gasteiger partial charge in [0.25, 0.3) is 0 Å². The highest BCUT2D eigenvalue weighted by atomic mass is 35.5. The summed E-state index contributed by atoms with van der Waals surface area (Å²) in [6.45, 7) is 4.70. The number of piperazine rings is 1. The van der Waals surface area contributed by atoms with Crippen LogP contribution in [0.1, 0.15) is 32.1 Å². The number of carbonyl (C=O) groups is 1. The Kier molecular flexibility index (Phi) is 9.08. The van der Waals surface area contributed by atoms with Gasteiger partial charge in [-0.3, -0.25) is 4.79 Å². The topological polar surface area (TPSA) is 89.5 Å². The molecule has 2 aromatic heterocycles. The van der Waals surface area contributed by atoms with E-state index in [9.17, 15) is 9.18 Å². The number of halogens is 2. The first-order chi connectivity index (χ1) is 19.4. The lowest BCUT2D eigenvalue weighted by molar-refractivity contribution is -0.116. The van der Waals surface area contributed by atoms with Crippen molar-refractivity contribution in [3.8, 4) is 11.3 Å². The van der Waals surface area contributed by atoms with Crippen molar-refractivity contribution < 1.29 is 9.18 Å². The molecule has 5 rings (SSSR count). The van der Waals surface area contributed by atoms with Crippen LogP contribution in [0.2, 0.25) is 5.02 Å². The number of anilines is 4. The Morgan fingerprint density at radius 1 is 1.10 bits per heavy atom.